The lowest BCUT2D eigenvalue weighted by molar-refractivity contribution is -0.137. The highest BCUT2D eigenvalue weighted by atomic mass is 16.4. The molecule has 3 nitrogen and oxygen atoms in total. The molecule has 0 rings (SSSR count). The fourth-order valence-electron chi connectivity index (χ4n) is 1.71. The topological polar surface area (TPSA) is 49.3 Å². The molecule has 0 radical (unpaired) electrons. The number of carboxylic acid groups (broad SMARTS) is 1. The quantitative estimate of drug-likeness (QED) is 0.639. The lowest BCUT2D eigenvalue weighted by Gasteiger charge is -2.24. The maximum Gasteiger partial charge on any atom is 0.304 e. The van der Waals surface area contributed by atoms with Gasteiger partial charge < -0.3 is 10.4 Å². The van der Waals surface area contributed by atoms with Crippen molar-refractivity contribution in [2.75, 3.05) is 6.54 Å². The third kappa shape index (κ3) is 4.88. The third-order valence-electron chi connectivity index (χ3n) is 2.48. The van der Waals surface area contributed by atoms with E-state index in [2.05, 4.69) is 19.2 Å². The van der Waals surface area contributed by atoms with Crippen molar-refractivity contribution >= 4 is 5.97 Å². The summed E-state index contributed by atoms with van der Waals surface area (Å²) in [4.78, 5) is 10.6. The molecule has 0 saturated carbocycles. The lowest BCUT2D eigenvalue weighted by atomic mass is 9.92. The van der Waals surface area contributed by atoms with Gasteiger partial charge in [-0.05, 0) is 12.5 Å². The van der Waals surface area contributed by atoms with Crippen LogP contribution in [0.25, 0.3) is 0 Å². The van der Waals surface area contributed by atoms with Crippen LogP contribution in [0.5, 0.6) is 0 Å². The highest BCUT2D eigenvalue weighted by Gasteiger charge is 2.19. The zero-order valence-electron chi connectivity index (χ0n) is 8.84. The van der Waals surface area contributed by atoms with Crippen LogP contribution < -0.4 is 5.32 Å². The van der Waals surface area contributed by atoms with Gasteiger partial charge in [-0.2, -0.15) is 0 Å². The van der Waals surface area contributed by atoms with Gasteiger partial charge in [0.25, 0.3) is 0 Å². The molecule has 78 valence electrons. The minimum atomic E-state index is -0.710. The predicted octanol–water partition coefficient (Wildman–Crippen LogP) is 1.88. The number of carbonyl (C=O) groups is 1. The van der Waals surface area contributed by atoms with Crippen LogP contribution in [0, 0.1) is 5.92 Å². The Morgan fingerprint density at radius 2 is 1.85 bits per heavy atom. The van der Waals surface area contributed by atoms with Crippen LogP contribution in [0.2, 0.25) is 0 Å². The number of hydrogen-bond acceptors (Lipinski definition) is 2. The molecule has 1 atom stereocenters. The summed E-state index contributed by atoms with van der Waals surface area (Å²) in [6, 6.07) is 0.137. The van der Waals surface area contributed by atoms with E-state index in [1.165, 1.54) is 0 Å². The Morgan fingerprint density at radius 1 is 1.31 bits per heavy atom. The van der Waals surface area contributed by atoms with Gasteiger partial charge >= 0.3 is 5.97 Å². The first kappa shape index (κ1) is 12.4. The average molecular weight is 187 g/mol. The molecule has 0 spiro atoms. The normalized spacial score (nSPS) is 13.2. The van der Waals surface area contributed by atoms with Crippen molar-refractivity contribution in [1.29, 1.82) is 0 Å². The van der Waals surface area contributed by atoms with Crippen LogP contribution in [0.15, 0.2) is 0 Å². The Kier molecular flexibility index (Phi) is 6.59. The van der Waals surface area contributed by atoms with Crippen molar-refractivity contribution in [2.24, 2.45) is 5.92 Å². The second-order valence-electron chi connectivity index (χ2n) is 3.34. The molecule has 1 unspecified atom stereocenters. The monoisotopic (exact) mass is 187 g/mol. The Balaban J connectivity index is 4.11. The fourth-order valence-corrected chi connectivity index (χ4v) is 1.71. The van der Waals surface area contributed by atoms with Crippen LogP contribution in [0.1, 0.15) is 40.0 Å². The van der Waals surface area contributed by atoms with Crippen LogP contribution >= 0.6 is 0 Å². The molecular weight excluding hydrogens is 166 g/mol. The number of aliphatic carboxylic acids is 1. The van der Waals surface area contributed by atoms with Crippen molar-refractivity contribution in [3.63, 3.8) is 0 Å². The van der Waals surface area contributed by atoms with Gasteiger partial charge in [-0.3, -0.25) is 4.79 Å². The van der Waals surface area contributed by atoms with E-state index in [4.69, 9.17) is 5.11 Å². The number of carboxylic acids is 1. The molecule has 0 aromatic heterocycles. The molecular formula is C10H21NO2. The molecule has 0 aliphatic heterocycles. The van der Waals surface area contributed by atoms with Gasteiger partial charge in [0.15, 0.2) is 0 Å². The number of nitrogens with one attached hydrogen (secondary N) is 1. The standard InChI is InChI=1S/C10H21NO2/c1-4-8(5-2)9(11-6-3)7-10(12)13/h8-9,11H,4-7H2,1-3H3,(H,12,13). The molecule has 0 heterocycles. The van der Waals surface area contributed by atoms with E-state index in [1.54, 1.807) is 0 Å². The van der Waals surface area contributed by atoms with Crippen molar-refractivity contribution < 1.29 is 9.90 Å². The second-order valence-corrected chi connectivity index (χ2v) is 3.34. The molecule has 13 heavy (non-hydrogen) atoms. The van der Waals surface area contributed by atoms with Gasteiger partial charge in [-0.1, -0.05) is 33.6 Å². The van der Waals surface area contributed by atoms with Crippen LogP contribution in [0.3, 0.4) is 0 Å². The summed E-state index contributed by atoms with van der Waals surface area (Å²) in [5.41, 5.74) is 0. The molecule has 0 saturated heterocycles. The van der Waals surface area contributed by atoms with Gasteiger partial charge in [0.05, 0.1) is 6.42 Å². The Morgan fingerprint density at radius 3 is 2.15 bits per heavy atom. The van der Waals surface area contributed by atoms with Crippen molar-refractivity contribution in [2.45, 2.75) is 46.1 Å². The summed E-state index contributed by atoms with van der Waals surface area (Å²) < 4.78 is 0. The van der Waals surface area contributed by atoms with Gasteiger partial charge in [0.1, 0.15) is 0 Å². The predicted molar refractivity (Wildman–Crippen MR) is 53.8 cm³/mol. The van der Waals surface area contributed by atoms with Gasteiger partial charge in [0, 0.05) is 6.04 Å². The summed E-state index contributed by atoms with van der Waals surface area (Å²) in [6.07, 6.45) is 2.32. The first-order valence-electron chi connectivity index (χ1n) is 5.10. The summed E-state index contributed by atoms with van der Waals surface area (Å²) >= 11 is 0. The average Bonchev–Trinajstić information content (AvgIpc) is 2.05. The second kappa shape index (κ2) is 6.89. The zero-order chi connectivity index (χ0) is 10.3. The van der Waals surface area contributed by atoms with Crippen molar-refractivity contribution in [3.8, 4) is 0 Å². The third-order valence-corrected chi connectivity index (χ3v) is 2.48. The molecule has 0 aliphatic carbocycles. The van der Waals surface area contributed by atoms with Crippen molar-refractivity contribution in [1.82, 2.24) is 5.32 Å². The van der Waals surface area contributed by atoms with Crippen molar-refractivity contribution in [3.05, 3.63) is 0 Å². The summed E-state index contributed by atoms with van der Waals surface area (Å²) in [5.74, 6) is -0.228. The first-order chi connectivity index (χ1) is 6.15. The number of hydrogen-bond donors (Lipinski definition) is 2. The fraction of sp³-hybridized carbons (Fsp3) is 0.900. The van der Waals surface area contributed by atoms with E-state index in [0.717, 1.165) is 19.4 Å². The molecule has 3 heteroatoms. The van der Waals surface area contributed by atoms with Gasteiger partial charge in [-0.25, -0.2) is 0 Å². The SMILES string of the molecule is CCNC(CC(=O)O)C(CC)CC. The largest absolute Gasteiger partial charge is 0.481 e. The Bertz CT molecular complexity index is 144. The minimum Gasteiger partial charge on any atom is -0.481 e. The maximum atomic E-state index is 10.6. The maximum absolute atomic E-state index is 10.6. The molecule has 0 aromatic carbocycles. The van der Waals surface area contributed by atoms with E-state index >= 15 is 0 Å². The molecule has 0 bridgehead atoms. The first-order valence-corrected chi connectivity index (χ1v) is 5.10. The van der Waals surface area contributed by atoms with E-state index in [9.17, 15) is 4.79 Å². The molecule has 0 amide bonds. The summed E-state index contributed by atoms with van der Waals surface area (Å²) in [5, 5.41) is 11.9. The van der Waals surface area contributed by atoms with Gasteiger partial charge in [0.2, 0.25) is 0 Å². The Hall–Kier alpha value is -0.570. The summed E-state index contributed by atoms with van der Waals surface area (Å²) in [6.45, 7) is 7.08. The van der Waals surface area contributed by atoms with Crippen LogP contribution in [0.4, 0.5) is 0 Å². The molecule has 0 aromatic rings. The van der Waals surface area contributed by atoms with E-state index in [1.807, 2.05) is 6.92 Å². The van der Waals surface area contributed by atoms with Crippen LogP contribution in [-0.2, 0) is 4.79 Å². The number of rotatable bonds is 7. The highest BCUT2D eigenvalue weighted by molar-refractivity contribution is 5.67. The molecule has 2 N–H and O–H groups in total. The minimum absolute atomic E-state index is 0.137. The van der Waals surface area contributed by atoms with Crippen LogP contribution in [-0.4, -0.2) is 23.7 Å². The van der Waals surface area contributed by atoms with E-state index in [-0.39, 0.29) is 12.5 Å². The molecule has 0 aliphatic rings. The highest BCUT2D eigenvalue weighted by Crippen LogP contribution is 2.15. The smallest absolute Gasteiger partial charge is 0.304 e. The zero-order valence-corrected chi connectivity index (χ0v) is 8.84. The summed E-state index contributed by atoms with van der Waals surface area (Å²) in [7, 11) is 0. The Labute approximate surface area is 80.5 Å². The molecule has 0 fully saturated rings. The van der Waals surface area contributed by atoms with Gasteiger partial charge in [-0.15, -0.1) is 0 Å². The lowest BCUT2D eigenvalue weighted by Crippen LogP contribution is -2.37. The van der Waals surface area contributed by atoms with E-state index < -0.39 is 5.97 Å². The van der Waals surface area contributed by atoms with E-state index in [0.29, 0.717) is 5.92 Å².